The van der Waals surface area contributed by atoms with Crippen LogP contribution in [0.15, 0.2) is 23.1 Å². The number of hydrogen-bond donors (Lipinski definition) is 1. The van der Waals surface area contributed by atoms with Crippen LogP contribution in [-0.2, 0) is 10.0 Å². The van der Waals surface area contributed by atoms with Gasteiger partial charge in [-0.3, -0.25) is 0 Å². The van der Waals surface area contributed by atoms with Gasteiger partial charge in [-0.25, -0.2) is 8.42 Å². The average Bonchev–Trinajstić information content (AvgIpc) is 2.67. The van der Waals surface area contributed by atoms with Gasteiger partial charge in [0.25, 0.3) is 0 Å². The molecule has 1 unspecified atom stereocenters. The van der Waals surface area contributed by atoms with Crippen molar-refractivity contribution in [2.75, 3.05) is 18.8 Å². The lowest BCUT2D eigenvalue weighted by Crippen LogP contribution is -2.32. The van der Waals surface area contributed by atoms with Gasteiger partial charge < -0.3 is 5.73 Å². The normalized spacial score (nSPS) is 21.6. The Labute approximate surface area is 126 Å². The molecule has 1 aliphatic rings. The van der Waals surface area contributed by atoms with Gasteiger partial charge in [0.1, 0.15) is 4.90 Å². The van der Waals surface area contributed by atoms with Gasteiger partial charge in [-0.15, -0.1) is 0 Å². The standard InChI is InChI=1S/C14H21ClN2O2S/c1-2-11-4-3-8-17(9-7-11)20(18,19)14-10-12(15)5-6-13(14)16/h5-6,10-11H,2-4,7-9,16H2,1H3. The maximum atomic E-state index is 12.7. The Bertz CT molecular complexity index is 575. The zero-order chi connectivity index (χ0) is 14.8. The summed E-state index contributed by atoms with van der Waals surface area (Å²) in [6.07, 6.45) is 4.01. The van der Waals surface area contributed by atoms with Crippen LogP contribution in [0, 0.1) is 5.92 Å². The molecule has 0 bridgehead atoms. The minimum absolute atomic E-state index is 0.125. The fraction of sp³-hybridized carbons (Fsp3) is 0.571. The molecule has 2 N–H and O–H groups in total. The molecule has 4 nitrogen and oxygen atoms in total. The number of halogens is 1. The van der Waals surface area contributed by atoms with E-state index in [1.165, 1.54) is 6.07 Å². The smallest absolute Gasteiger partial charge is 0.245 e. The van der Waals surface area contributed by atoms with E-state index in [-0.39, 0.29) is 10.6 Å². The molecule has 112 valence electrons. The van der Waals surface area contributed by atoms with Crippen molar-refractivity contribution in [2.45, 2.75) is 37.5 Å². The molecule has 1 aromatic rings. The van der Waals surface area contributed by atoms with E-state index in [0.29, 0.717) is 24.0 Å². The van der Waals surface area contributed by atoms with Gasteiger partial charge in [-0.05, 0) is 43.4 Å². The third-order valence-electron chi connectivity index (χ3n) is 3.98. The molecule has 1 atom stereocenters. The predicted octanol–water partition coefficient (Wildman–Crippen LogP) is 3.12. The molecule has 20 heavy (non-hydrogen) atoms. The summed E-state index contributed by atoms with van der Waals surface area (Å²) in [5, 5.41) is 0.388. The van der Waals surface area contributed by atoms with Gasteiger partial charge in [-0.1, -0.05) is 24.9 Å². The molecule has 1 fully saturated rings. The van der Waals surface area contributed by atoms with Crippen LogP contribution < -0.4 is 5.73 Å². The van der Waals surface area contributed by atoms with Crippen LogP contribution in [0.25, 0.3) is 0 Å². The highest BCUT2D eigenvalue weighted by Gasteiger charge is 2.28. The average molecular weight is 317 g/mol. The fourth-order valence-corrected chi connectivity index (χ4v) is 4.53. The zero-order valence-corrected chi connectivity index (χ0v) is 13.3. The lowest BCUT2D eigenvalue weighted by atomic mass is 9.98. The van der Waals surface area contributed by atoms with E-state index in [1.807, 2.05) is 0 Å². The van der Waals surface area contributed by atoms with Gasteiger partial charge in [-0.2, -0.15) is 4.31 Å². The predicted molar refractivity (Wildman–Crippen MR) is 82.3 cm³/mol. The number of nitrogen functional groups attached to an aromatic ring is 1. The number of nitrogens with two attached hydrogens (primary N) is 1. The van der Waals surface area contributed by atoms with Gasteiger partial charge in [0.2, 0.25) is 10.0 Å². The maximum Gasteiger partial charge on any atom is 0.245 e. The monoisotopic (exact) mass is 316 g/mol. The Hall–Kier alpha value is -0.780. The first-order chi connectivity index (χ1) is 9.45. The second-order valence-electron chi connectivity index (χ2n) is 5.29. The summed E-state index contributed by atoms with van der Waals surface area (Å²) in [5.74, 6) is 0.618. The molecule has 1 aromatic carbocycles. The molecule has 0 amide bonds. The fourth-order valence-electron chi connectivity index (χ4n) is 2.66. The minimum atomic E-state index is -3.55. The Balaban J connectivity index is 2.28. The van der Waals surface area contributed by atoms with E-state index >= 15 is 0 Å². The van der Waals surface area contributed by atoms with Crippen LogP contribution in [0.3, 0.4) is 0 Å². The lowest BCUT2D eigenvalue weighted by Gasteiger charge is -2.21. The number of benzene rings is 1. The quantitative estimate of drug-likeness (QED) is 0.871. The van der Waals surface area contributed by atoms with Crippen LogP contribution in [0.5, 0.6) is 0 Å². The molecule has 1 heterocycles. The first-order valence-electron chi connectivity index (χ1n) is 7.00. The summed E-state index contributed by atoms with van der Waals surface area (Å²) < 4.78 is 26.9. The first kappa shape index (κ1) is 15.6. The van der Waals surface area contributed by atoms with Crippen molar-refractivity contribution < 1.29 is 8.42 Å². The topological polar surface area (TPSA) is 63.4 Å². The first-order valence-corrected chi connectivity index (χ1v) is 8.82. The summed E-state index contributed by atoms with van der Waals surface area (Å²) in [6.45, 7) is 3.28. The second kappa shape index (κ2) is 6.33. The van der Waals surface area contributed by atoms with Gasteiger partial charge in [0, 0.05) is 18.1 Å². The number of anilines is 1. The number of rotatable bonds is 3. The van der Waals surface area contributed by atoms with Crippen molar-refractivity contribution in [1.29, 1.82) is 0 Å². The summed E-state index contributed by atoms with van der Waals surface area (Å²) in [4.78, 5) is 0.125. The lowest BCUT2D eigenvalue weighted by molar-refractivity contribution is 0.407. The van der Waals surface area contributed by atoms with E-state index in [2.05, 4.69) is 6.92 Å². The molecule has 0 spiro atoms. The van der Waals surface area contributed by atoms with Crippen molar-refractivity contribution in [1.82, 2.24) is 4.31 Å². The molecule has 0 aliphatic carbocycles. The molecule has 0 aromatic heterocycles. The van der Waals surface area contributed by atoms with Crippen molar-refractivity contribution in [3.63, 3.8) is 0 Å². The molecule has 6 heteroatoms. The van der Waals surface area contributed by atoms with Crippen LogP contribution in [0.1, 0.15) is 32.6 Å². The van der Waals surface area contributed by atoms with Crippen molar-refractivity contribution in [3.05, 3.63) is 23.2 Å². The van der Waals surface area contributed by atoms with E-state index in [9.17, 15) is 8.42 Å². The molecule has 0 saturated carbocycles. The Morgan fingerprint density at radius 1 is 1.35 bits per heavy atom. The zero-order valence-electron chi connectivity index (χ0n) is 11.7. The number of hydrogen-bond acceptors (Lipinski definition) is 3. The summed E-state index contributed by atoms with van der Waals surface area (Å²) in [7, 11) is -3.55. The highest BCUT2D eigenvalue weighted by molar-refractivity contribution is 7.89. The van der Waals surface area contributed by atoms with E-state index in [4.69, 9.17) is 17.3 Å². The van der Waals surface area contributed by atoms with Crippen molar-refractivity contribution in [2.24, 2.45) is 5.92 Å². The van der Waals surface area contributed by atoms with Crippen molar-refractivity contribution >= 4 is 27.3 Å². The highest BCUT2D eigenvalue weighted by Crippen LogP contribution is 2.29. The summed E-state index contributed by atoms with van der Waals surface area (Å²) in [6, 6.07) is 4.59. The van der Waals surface area contributed by atoms with Crippen LogP contribution in [-0.4, -0.2) is 25.8 Å². The second-order valence-corrected chi connectivity index (χ2v) is 7.63. The molecule has 0 radical (unpaired) electrons. The summed E-state index contributed by atoms with van der Waals surface area (Å²) in [5.41, 5.74) is 6.07. The molecule has 1 saturated heterocycles. The van der Waals surface area contributed by atoms with Crippen molar-refractivity contribution in [3.8, 4) is 0 Å². The Morgan fingerprint density at radius 2 is 2.10 bits per heavy atom. The molecule has 2 rings (SSSR count). The van der Waals surface area contributed by atoms with E-state index in [0.717, 1.165) is 25.7 Å². The highest BCUT2D eigenvalue weighted by atomic mass is 35.5. The van der Waals surface area contributed by atoms with Gasteiger partial charge in [0.15, 0.2) is 0 Å². The van der Waals surface area contributed by atoms with E-state index < -0.39 is 10.0 Å². The third kappa shape index (κ3) is 3.27. The minimum Gasteiger partial charge on any atom is -0.398 e. The Morgan fingerprint density at radius 3 is 2.80 bits per heavy atom. The largest absolute Gasteiger partial charge is 0.398 e. The Kier molecular flexibility index (Phi) is 4.94. The molecular formula is C14H21ClN2O2S. The third-order valence-corrected chi connectivity index (χ3v) is 6.17. The van der Waals surface area contributed by atoms with Crippen LogP contribution in [0.2, 0.25) is 5.02 Å². The van der Waals surface area contributed by atoms with Crippen LogP contribution in [0.4, 0.5) is 5.69 Å². The number of nitrogens with zero attached hydrogens (tertiary/aromatic N) is 1. The van der Waals surface area contributed by atoms with Gasteiger partial charge in [0.05, 0.1) is 5.69 Å². The molecule has 1 aliphatic heterocycles. The van der Waals surface area contributed by atoms with Crippen LogP contribution >= 0.6 is 11.6 Å². The van der Waals surface area contributed by atoms with Gasteiger partial charge >= 0.3 is 0 Å². The summed E-state index contributed by atoms with van der Waals surface area (Å²) >= 11 is 5.90. The maximum absolute atomic E-state index is 12.7. The molecular weight excluding hydrogens is 296 g/mol. The number of sulfonamides is 1. The SMILES string of the molecule is CCC1CCCN(S(=O)(=O)c2cc(Cl)ccc2N)CC1. The van der Waals surface area contributed by atoms with E-state index in [1.54, 1.807) is 16.4 Å².